The van der Waals surface area contributed by atoms with Gasteiger partial charge < -0.3 is 16.4 Å². The number of aromatic nitrogens is 2. The van der Waals surface area contributed by atoms with E-state index in [0.717, 1.165) is 29.4 Å². The zero-order chi connectivity index (χ0) is 15.2. The van der Waals surface area contributed by atoms with Crippen LogP contribution in [0.4, 0.5) is 17.6 Å². The van der Waals surface area contributed by atoms with Crippen molar-refractivity contribution in [2.45, 2.75) is 26.3 Å². The molecular formula is C15H20ClN5. The van der Waals surface area contributed by atoms with E-state index >= 15 is 0 Å². The average Bonchev–Trinajstić information content (AvgIpc) is 2.45. The highest BCUT2D eigenvalue weighted by atomic mass is 35.5. The molecule has 1 atom stereocenters. The first-order valence-electron chi connectivity index (χ1n) is 6.99. The number of halogens is 1. The lowest BCUT2D eigenvalue weighted by Gasteiger charge is -2.17. The molecule has 0 radical (unpaired) electrons. The molecule has 0 amide bonds. The Labute approximate surface area is 129 Å². The molecule has 2 rings (SSSR count). The fourth-order valence-electron chi connectivity index (χ4n) is 2.01. The summed E-state index contributed by atoms with van der Waals surface area (Å²) >= 11 is 6.21. The summed E-state index contributed by atoms with van der Waals surface area (Å²) in [6.45, 7) is 4.96. The Morgan fingerprint density at radius 2 is 1.95 bits per heavy atom. The molecule has 5 nitrogen and oxygen atoms in total. The van der Waals surface area contributed by atoms with E-state index in [1.54, 1.807) is 0 Å². The maximum Gasteiger partial charge on any atom is 0.223 e. The summed E-state index contributed by atoms with van der Waals surface area (Å²) in [5.41, 5.74) is 6.76. The van der Waals surface area contributed by atoms with Crippen molar-refractivity contribution in [1.82, 2.24) is 9.97 Å². The number of hydrogen-bond acceptors (Lipinski definition) is 5. The van der Waals surface area contributed by atoms with Gasteiger partial charge in [0.2, 0.25) is 5.95 Å². The van der Waals surface area contributed by atoms with Crippen LogP contribution in [0.5, 0.6) is 0 Å². The molecule has 0 bridgehead atoms. The van der Waals surface area contributed by atoms with E-state index in [1.807, 2.05) is 37.3 Å². The second kappa shape index (κ2) is 7.13. The van der Waals surface area contributed by atoms with Crippen LogP contribution in [0.25, 0.3) is 0 Å². The van der Waals surface area contributed by atoms with Crippen LogP contribution >= 0.6 is 11.6 Å². The fraction of sp³-hybridized carbons (Fsp3) is 0.333. The number of hydrogen-bond donors (Lipinski definition) is 3. The standard InChI is InChI=1S/C15H20ClN5/c1-3-8-18-13-9-14(21-15(17)20-13)19-10(2)11-6-4-5-7-12(11)16/h4-7,9-10H,3,8H2,1-2H3,(H4,17,18,19,20,21). The highest BCUT2D eigenvalue weighted by Crippen LogP contribution is 2.25. The van der Waals surface area contributed by atoms with Gasteiger partial charge in [-0.3, -0.25) is 0 Å². The maximum atomic E-state index is 6.21. The van der Waals surface area contributed by atoms with Crippen LogP contribution in [0, 0.1) is 0 Å². The Morgan fingerprint density at radius 3 is 2.67 bits per heavy atom. The monoisotopic (exact) mass is 305 g/mol. The van der Waals surface area contributed by atoms with Gasteiger partial charge in [0.05, 0.1) is 6.04 Å². The topological polar surface area (TPSA) is 75.9 Å². The van der Waals surface area contributed by atoms with Crippen molar-refractivity contribution in [3.8, 4) is 0 Å². The summed E-state index contributed by atoms with van der Waals surface area (Å²) in [6.07, 6.45) is 1.02. The van der Waals surface area contributed by atoms with Crippen LogP contribution in [-0.2, 0) is 0 Å². The molecule has 2 aromatic rings. The third kappa shape index (κ3) is 4.23. The van der Waals surface area contributed by atoms with Gasteiger partial charge >= 0.3 is 0 Å². The van der Waals surface area contributed by atoms with Gasteiger partial charge in [-0.15, -0.1) is 0 Å². The summed E-state index contributed by atoms with van der Waals surface area (Å²) in [5, 5.41) is 7.23. The molecule has 0 saturated carbocycles. The van der Waals surface area contributed by atoms with E-state index in [-0.39, 0.29) is 12.0 Å². The Morgan fingerprint density at radius 1 is 1.24 bits per heavy atom. The number of rotatable bonds is 6. The van der Waals surface area contributed by atoms with Crippen molar-refractivity contribution >= 4 is 29.2 Å². The minimum atomic E-state index is 0.0204. The first-order valence-corrected chi connectivity index (χ1v) is 7.37. The summed E-state index contributed by atoms with van der Waals surface area (Å²) < 4.78 is 0. The third-order valence-electron chi connectivity index (χ3n) is 3.04. The zero-order valence-electron chi connectivity index (χ0n) is 12.2. The van der Waals surface area contributed by atoms with Gasteiger partial charge in [0.25, 0.3) is 0 Å². The molecule has 0 aliphatic rings. The van der Waals surface area contributed by atoms with Crippen molar-refractivity contribution in [3.63, 3.8) is 0 Å². The lowest BCUT2D eigenvalue weighted by Crippen LogP contribution is -2.11. The van der Waals surface area contributed by atoms with Gasteiger partial charge in [-0.05, 0) is 25.0 Å². The predicted octanol–water partition coefficient (Wildman–Crippen LogP) is 3.71. The first kappa shape index (κ1) is 15.4. The zero-order valence-corrected chi connectivity index (χ0v) is 13.0. The number of anilines is 3. The molecule has 0 saturated heterocycles. The van der Waals surface area contributed by atoms with Crippen LogP contribution in [0.15, 0.2) is 30.3 Å². The van der Waals surface area contributed by atoms with E-state index in [9.17, 15) is 0 Å². The molecule has 0 fully saturated rings. The average molecular weight is 306 g/mol. The molecule has 4 N–H and O–H groups in total. The summed E-state index contributed by atoms with van der Waals surface area (Å²) in [6, 6.07) is 9.60. The molecule has 1 unspecified atom stereocenters. The van der Waals surface area contributed by atoms with Crippen LogP contribution < -0.4 is 16.4 Å². The summed E-state index contributed by atoms with van der Waals surface area (Å²) in [5.74, 6) is 1.64. The number of nitrogens with two attached hydrogens (primary N) is 1. The number of nitrogen functional groups attached to an aromatic ring is 1. The van der Waals surface area contributed by atoms with E-state index in [4.69, 9.17) is 17.3 Å². The number of nitrogens with zero attached hydrogens (tertiary/aromatic N) is 2. The van der Waals surface area contributed by atoms with E-state index in [2.05, 4.69) is 27.5 Å². The van der Waals surface area contributed by atoms with Crippen LogP contribution in [0.3, 0.4) is 0 Å². The van der Waals surface area contributed by atoms with Gasteiger partial charge in [-0.2, -0.15) is 9.97 Å². The lowest BCUT2D eigenvalue weighted by atomic mass is 10.1. The Bertz CT molecular complexity index is 602. The quantitative estimate of drug-likeness (QED) is 0.758. The summed E-state index contributed by atoms with van der Waals surface area (Å²) in [4.78, 5) is 8.37. The normalized spacial score (nSPS) is 12.0. The number of benzene rings is 1. The van der Waals surface area contributed by atoms with E-state index < -0.39 is 0 Å². The minimum absolute atomic E-state index is 0.0204. The minimum Gasteiger partial charge on any atom is -0.370 e. The fourth-order valence-corrected chi connectivity index (χ4v) is 2.31. The van der Waals surface area contributed by atoms with Crippen molar-refractivity contribution in [1.29, 1.82) is 0 Å². The Hall–Kier alpha value is -2.01. The molecule has 6 heteroatoms. The molecule has 0 aliphatic heterocycles. The molecule has 1 heterocycles. The highest BCUT2D eigenvalue weighted by molar-refractivity contribution is 6.31. The molecule has 21 heavy (non-hydrogen) atoms. The molecule has 0 spiro atoms. The summed E-state index contributed by atoms with van der Waals surface area (Å²) in [7, 11) is 0. The van der Waals surface area contributed by atoms with Crippen molar-refractivity contribution in [3.05, 3.63) is 40.9 Å². The molecule has 112 valence electrons. The van der Waals surface area contributed by atoms with E-state index in [1.165, 1.54) is 0 Å². The van der Waals surface area contributed by atoms with Gasteiger partial charge in [0.1, 0.15) is 11.6 Å². The van der Waals surface area contributed by atoms with Crippen molar-refractivity contribution < 1.29 is 0 Å². The predicted molar refractivity (Wildman–Crippen MR) is 88.7 cm³/mol. The van der Waals surface area contributed by atoms with Gasteiger partial charge in [0, 0.05) is 17.6 Å². The molecule has 1 aromatic heterocycles. The Kier molecular flexibility index (Phi) is 5.22. The van der Waals surface area contributed by atoms with E-state index in [0.29, 0.717) is 5.82 Å². The second-order valence-electron chi connectivity index (χ2n) is 4.81. The smallest absolute Gasteiger partial charge is 0.223 e. The largest absolute Gasteiger partial charge is 0.370 e. The third-order valence-corrected chi connectivity index (χ3v) is 3.38. The maximum absolute atomic E-state index is 6.21. The SMILES string of the molecule is CCCNc1cc(NC(C)c2ccccc2Cl)nc(N)n1. The van der Waals surface area contributed by atoms with Crippen LogP contribution in [0.1, 0.15) is 31.9 Å². The lowest BCUT2D eigenvalue weighted by molar-refractivity contribution is 0.872. The van der Waals surface area contributed by atoms with Crippen LogP contribution in [-0.4, -0.2) is 16.5 Å². The Balaban J connectivity index is 2.15. The van der Waals surface area contributed by atoms with Crippen molar-refractivity contribution in [2.75, 3.05) is 22.9 Å². The molecule has 1 aromatic carbocycles. The highest BCUT2D eigenvalue weighted by Gasteiger charge is 2.10. The molecule has 0 aliphatic carbocycles. The van der Waals surface area contributed by atoms with Gasteiger partial charge in [0.15, 0.2) is 0 Å². The first-order chi connectivity index (χ1) is 10.1. The molecular weight excluding hydrogens is 286 g/mol. The number of nitrogens with one attached hydrogen (secondary N) is 2. The van der Waals surface area contributed by atoms with Crippen molar-refractivity contribution in [2.24, 2.45) is 0 Å². The van der Waals surface area contributed by atoms with Gasteiger partial charge in [-0.25, -0.2) is 0 Å². The van der Waals surface area contributed by atoms with Gasteiger partial charge in [-0.1, -0.05) is 36.7 Å². The van der Waals surface area contributed by atoms with Crippen LogP contribution in [0.2, 0.25) is 5.02 Å². The second-order valence-corrected chi connectivity index (χ2v) is 5.22.